The first-order chi connectivity index (χ1) is 9.88. The Hall–Kier alpha value is -1.11. The number of aliphatic hydroxyl groups excluding tert-OH is 1. The van der Waals surface area contributed by atoms with Crippen molar-refractivity contribution in [2.45, 2.75) is 38.5 Å². The van der Waals surface area contributed by atoms with Crippen molar-refractivity contribution < 1.29 is 18.3 Å². The summed E-state index contributed by atoms with van der Waals surface area (Å²) in [6, 6.07) is 3.44. The predicted octanol–water partition coefficient (Wildman–Crippen LogP) is 2.10. The summed E-state index contributed by atoms with van der Waals surface area (Å²) >= 11 is 0. The van der Waals surface area contributed by atoms with Gasteiger partial charge in [-0.2, -0.15) is 4.31 Å². The molecule has 1 rings (SSSR count). The van der Waals surface area contributed by atoms with Gasteiger partial charge in [-0.05, 0) is 43.5 Å². The zero-order valence-corrected chi connectivity index (χ0v) is 14.0. The van der Waals surface area contributed by atoms with Gasteiger partial charge in [0.15, 0.2) is 0 Å². The number of nitrogens with zero attached hydrogens (tertiary/aromatic N) is 1. The van der Waals surface area contributed by atoms with Crippen molar-refractivity contribution in [3.8, 4) is 5.75 Å². The Balaban J connectivity index is 3.27. The van der Waals surface area contributed by atoms with Crippen molar-refractivity contribution in [3.05, 3.63) is 23.3 Å². The van der Waals surface area contributed by atoms with Gasteiger partial charge in [-0.25, -0.2) is 8.42 Å². The van der Waals surface area contributed by atoms with E-state index in [1.807, 2.05) is 6.92 Å². The van der Waals surface area contributed by atoms with Crippen LogP contribution in [0.3, 0.4) is 0 Å². The fraction of sp³-hybridized carbons (Fsp3) is 0.600. The maximum absolute atomic E-state index is 12.8. The molecule has 0 amide bonds. The lowest BCUT2D eigenvalue weighted by Crippen LogP contribution is -2.35. The zero-order chi connectivity index (χ0) is 16.0. The lowest BCUT2D eigenvalue weighted by Gasteiger charge is -2.23. The molecule has 5 nitrogen and oxygen atoms in total. The van der Waals surface area contributed by atoms with E-state index in [1.165, 1.54) is 4.31 Å². The van der Waals surface area contributed by atoms with Crippen LogP contribution in [0.1, 0.15) is 30.9 Å². The minimum atomic E-state index is -3.60. The first-order valence-electron chi connectivity index (χ1n) is 7.14. The topological polar surface area (TPSA) is 66.8 Å². The molecule has 0 heterocycles. The maximum Gasteiger partial charge on any atom is 0.243 e. The van der Waals surface area contributed by atoms with E-state index in [0.29, 0.717) is 28.3 Å². The van der Waals surface area contributed by atoms with Crippen molar-refractivity contribution in [1.29, 1.82) is 0 Å². The predicted molar refractivity (Wildman–Crippen MR) is 83.2 cm³/mol. The largest absolute Gasteiger partial charge is 0.497 e. The molecule has 0 aliphatic heterocycles. The first kappa shape index (κ1) is 17.9. The van der Waals surface area contributed by atoms with Crippen LogP contribution in [-0.2, 0) is 10.0 Å². The van der Waals surface area contributed by atoms with Crippen molar-refractivity contribution >= 4 is 10.0 Å². The van der Waals surface area contributed by atoms with Crippen LogP contribution in [0.2, 0.25) is 0 Å². The van der Waals surface area contributed by atoms with Gasteiger partial charge in [-0.15, -0.1) is 0 Å². The number of aliphatic hydroxyl groups is 1. The normalized spacial score (nSPS) is 11.9. The summed E-state index contributed by atoms with van der Waals surface area (Å²) in [6.07, 6.45) is 1.67. The highest BCUT2D eigenvalue weighted by Crippen LogP contribution is 2.28. The number of unbranched alkanes of at least 4 members (excludes halogenated alkanes) is 1. The average Bonchev–Trinajstić information content (AvgIpc) is 2.41. The van der Waals surface area contributed by atoms with E-state index < -0.39 is 10.0 Å². The summed E-state index contributed by atoms with van der Waals surface area (Å²) in [7, 11) is -2.05. The number of benzene rings is 1. The number of ether oxygens (including phenoxy) is 1. The molecule has 0 bridgehead atoms. The lowest BCUT2D eigenvalue weighted by atomic mass is 10.1. The number of hydrogen-bond donors (Lipinski definition) is 1. The molecule has 1 aromatic carbocycles. The Kier molecular flexibility index (Phi) is 6.64. The quantitative estimate of drug-likeness (QED) is 0.798. The summed E-state index contributed by atoms with van der Waals surface area (Å²) in [4.78, 5) is 0.313. The molecule has 0 aromatic heterocycles. The van der Waals surface area contributed by atoms with Gasteiger partial charge >= 0.3 is 0 Å². The number of hydrogen-bond acceptors (Lipinski definition) is 4. The van der Waals surface area contributed by atoms with Crippen LogP contribution in [0.5, 0.6) is 5.75 Å². The number of sulfonamides is 1. The highest BCUT2D eigenvalue weighted by molar-refractivity contribution is 7.89. The number of methoxy groups -OCH3 is 1. The van der Waals surface area contributed by atoms with Crippen molar-refractivity contribution in [3.63, 3.8) is 0 Å². The molecule has 0 aliphatic rings. The van der Waals surface area contributed by atoms with Crippen LogP contribution in [0, 0.1) is 13.8 Å². The monoisotopic (exact) mass is 315 g/mol. The second kappa shape index (κ2) is 7.77. The standard InChI is InChI=1S/C15H25NO4S/c1-5-6-7-16(8-9-17)21(18,19)15-12(2)10-14(20-4)11-13(15)3/h10-11,17H,5-9H2,1-4H3. The molecule has 0 atom stereocenters. The molecular weight excluding hydrogens is 290 g/mol. The van der Waals surface area contributed by atoms with Crippen LogP contribution < -0.4 is 4.74 Å². The second-order valence-electron chi connectivity index (χ2n) is 5.07. The number of rotatable bonds is 8. The first-order valence-corrected chi connectivity index (χ1v) is 8.58. The molecule has 21 heavy (non-hydrogen) atoms. The molecular formula is C15H25NO4S. The maximum atomic E-state index is 12.8. The van der Waals surface area contributed by atoms with E-state index in [4.69, 9.17) is 9.84 Å². The van der Waals surface area contributed by atoms with Crippen LogP contribution in [0.4, 0.5) is 0 Å². The summed E-state index contributed by atoms with van der Waals surface area (Å²) in [5, 5.41) is 9.14. The van der Waals surface area contributed by atoms with Gasteiger partial charge in [-0.1, -0.05) is 13.3 Å². The third-order valence-electron chi connectivity index (χ3n) is 3.38. The Bertz CT molecular complexity index is 546. The smallest absolute Gasteiger partial charge is 0.243 e. The van der Waals surface area contributed by atoms with E-state index in [1.54, 1.807) is 33.1 Å². The zero-order valence-electron chi connectivity index (χ0n) is 13.2. The summed E-state index contributed by atoms with van der Waals surface area (Å²) in [5.41, 5.74) is 1.32. The van der Waals surface area contributed by atoms with Gasteiger partial charge < -0.3 is 9.84 Å². The molecule has 120 valence electrons. The molecule has 0 aliphatic carbocycles. The van der Waals surface area contributed by atoms with E-state index in [2.05, 4.69) is 0 Å². The van der Waals surface area contributed by atoms with Crippen LogP contribution in [-0.4, -0.2) is 44.6 Å². The van der Waals surface area contributed by atoms with Crippen LogP contribution >= 0.6 is 0 Å². The van der Waals surface area contributed by atoms with Gasteiger partial charge in [0, 0.05) is 13.1 Å². The molecule has 0 radical (unpaired) electrons. The summed E-state index contributed by atoms with van der Waals surface area (Å²) < 4.78 is 32.2. The third kappa shape index (κ3) is 4.18. The molecule has 0 spiro atoms. The molecule has 0 fully saturated rings. The Morgan fingerprint density at radius 1 is 1.19 bits per heavy atom. The van der Waals surface area contributed by atoms with Crippen molar-refractivity contribution in [1.82, 2.24) is 4.31 Å². The highest BCUT2D eigenvalue weighted by Gasteiger charge is 2.27. The summed E-state index contributed by atoms with van der Waals surface area (Å²) in [6.45, 7) is 5.89. The Morgan fingerprint density at radius 2 is 1.76 bits per heavy atom. The molecule has 0 unspecified atom stereocenters. The van der Waals surface area contributed by atoms with E-state index in [0.717, 1.165) is 12.8 Å². The molecule has 1 aromatic rings. The van der Waals surface area contributed by atoms with E-state index >= 15 is 0 Å². The van der Waals surface area contributed by atoms with Gasteiger partial charge in [0.2, 0.25) is 10.0 Å². The van der Waals surface area contributed by atoms with E-state index in [9.17, 15) is 8.42 Å². The van der Waals surface area contributed by atoms with E-state index in [-0.39, 0.29) is 13.2 Å². The van der Waals surface area contributed by atoms with Gasteiger partial charge in [0.25, 0.3) is 0 Å². The van der Waals surface area contributed by atoms with Crippen molar-refractivity contribution in [2.75, 3.05) is 26.8 Å². The average molecular weight is 315 g/mol. The van der Waals surface area contributed by atoms with Gasteiger partial charge in [0.1, 0.15) is 5.75 Å². The SMILES string of the molecule is CCCCN(CCO)S(=O)(=O)c1c(C)cc(OC)cc1C. The molecule has 1 N–H and O–H groups in total. The second-order valence-corrected chi connectivity index (χ2v) is 6.95. The van der Waals surface area contributed by atoms with Crippen LogP contribution in [0.15, 0.2) is 17.0 Å². The fourth-order valence-electron chi connectivity index (χ4n) is 2.36. The Labute approximate surface area is 127 Å². The summed E-state index contributed by atoms with van der Waals surface area (Å²) in [5.74, 6) is 0.645. The lowest BCUT2D eigenvalue weighted by molar-refractivity contribution is 0.252. The third-order valence-corrected chi connectivity index (χ3v) is 5.58. The minimum Gasteiger partial charge on any atom is -0.497 e. The molecule has 0 saturated carbocycles. The van der Waals surface area contributed by atoms with Gasteiger partial charge in [-0.3, -0.25) is 0 Å². The number of aryl methyl sites for hydroxylation is 2. The Morgan fingerprint density at radius 3 is 2.19 bits per heavy atom. The van der Waals surface area contributed by atoms with Crippen LogP contribution in [0.25, 0.3) is 0 Å². The van der Waals surface area contributed by atoms with Gasteiger partial charge in [0.05, 0.1) is 18.6 Å². The molecule has 6 heteroatoms. The van der Waals surface area contributed by atoms with Crippen molar-refractivity contribution in [2.24, 2.45) is 0 Å². The fourth-order valence-corrected chi connectivity index (χ4v) is 4.24. The molecule has 0 saturated heterocycles. The highest BCUT2D eigenvalue weighted by atomic mass is 32.2. The minimum absolute atomic E-state index is 0.118.